The van der Waals surface area contributed by atoms with Gasteiger partial charge < -0.3 is 4.57 Å². The van der Waals surface area contributed by atoms with Gasteiger partial charge in [-0.3, -0.25) is 4.79 Å². The van der Waals surface area contributed by atoms with E-state index in [0.717, 1.165) is 35.9 Å². The quantitative estimate of drug-likeness (QED) is 0.488. The first-order chi connectivity index (χ1) is 13.7. The van der Waals surface area contributed by atoms with Crippen LogP contribution in [0.5, 0.6) is 0 Å². The number of carbonyl (C=O) groups is 1. The van der Waals surface area contributed by atoms with Crippen molar-refractivity contribution in [2.45, 2.75) is 25.4 Å². The Morgan fingerprint density at radius 1 is 1.07 bits per heavy atom. The summed E-state index contributed by atoms with van der Waals surface area (Å²) in [5, 5.41) is 1.09. The van der Waals surface area contributed by atoms with Crippen LogP contribution in [-0.2, 0) is 13.0 Å². The van der Waals surface area contributed by atoms with Crippen molar-refractivity contribution in [1.29, 1.82) is 0 Å². The van der Waals surface area contributed by atoms with Gasteiger partial charge in [0.05, 0.1) is 10.9 Å². The summed E-state index contributed by atoms with van der Waals surface area (Å²) >= 11 is 0. The van der Waals surface area contributed by atoms with Crippen LogP contribution >= 0.6 is 0 Å². The van der Waals surface area contributed by atoms with Crippen LogP contribution < -0.4 is 4.57 Å². The first-order valence-electron chi connectivity index (χ1n) is 9.55. The van der Waals surface area contributed by atoms with Crippen LogP contribution in [0, 0.1) is 5.82 Å². The van der Waals surface area contributed by atoms with Gasteiger partial charge in [0, 0.05) is 30.8 Å². The van der Waals surface area contributed by atoms with Crippen molar-refractivity contribution < 1.29 is 13.8 Å². The third kappa shape index (κ3) is 2.91. The normalized spacial score (nSPS) is 16.3. The number of halogens is 1. The van der Waals surface area contributed by atoms with E-state index in [0.29, 0.717) is 5.56 Å². The molecule has 138 valence electrons. The lowest BCUT2D eigenvalue weighted by atomic mass is 9.87. The largest absolute Gasteiger partial charge is 0.343 e. The average Bonchev–Trinajstić information content (AvgIpc) is 3.11. The summed E-state index contributed by atoms with van der Waals surface area (Å²) in [7, 11) is 0. The Kier molecular flexibility index (Phi) is 4.05. The van der Waals surface area contributed by atoms with Crippen molar-refractivity contribution in [3.63, 3.8) is 0 Å². The molecule has 28 heavy (non-hydrogen) atoms. The summed E-state index contributed by atoms with van der Waals surface area (Å²) in [5.41, 5.74) is 3.84. The summed E-state index contributed by atoms with van der Waals surface area (Å²) in [6.45, 7) is 0.809. The number of fused-ring (bicyclic) bond motifs is 2. The summed E-state index contributed by atoms with van der Waals surface area (Å²) in [6, 6.07) is 18.7. The van der Waals surface area contributed by atoms with E-state index in [9.17, 15) is 9.18 Å². The van der Waals surface area contributed by atoms with E-state index in [1.54, 1.807) is 6.07 Å². The van der Waals surface area contributed by atoms with Crippen molar-refractivity contribution >= 4 is 16.7 Å². The van der Waals surface area contributed by atoms with Gasteiger partial charge in [0.2, 0.25) is 11.8 Å². The molecule has 1 unspecified atom stereocenters. The van der Waals surface area contributed by atoms with Gasteiger partial charge in [0.15, 0.2) is 12.4 Å². The molecule has 0 aliphatic heterocycles. The van der Waals surface area contributed by atoms with Gasteiger partial charge in [-0.1, -0.05) is 36.4 Å². The van der Waals surface area contributed by atoms with Crippen LogP contribution in [-0.4, -0.2) is 10.4 Å². The molecule has 0 amide bonds. The zero-order valence-corrected chi connectivity index (χ0v) is 15.4. The van der Waals surface area contributed by atoms with Gasteiger partial charge in [-0.25, -0.2) is 4.39 Å². The summed E-state index contributed by atoms with van der Waals surface area (Å²) in [4.78, 5) is 13.0. The second-order valence-electron chi connectivity index (χ2n) is 7.38. The van der Waals surface area contributed by atoms with Crippen molar-refractivity contribution in [1.82, 2.24) is 4.57 Å². The molecule has 1 atom stereocenters. The minimum atomic E-state index is -0.355. The Bertz CT molecular complexity index is 1180. The minimum Gasteiger partial charge on any atom is -0.343 e. The molecule has 0 saturated heterocycles. The number of nitrogens with zero attached hydrogens (tertiary/aromatic N) is 2. The SMILES string of the molecule is O=C1c2cc(F)ccc2CCC1[n+]1ccc2c(ccn2Cc2ccccc2)c1. The van der Waals surface area contributed by atoms with Crippen molar-refractivity contribution in [3.8, 4) is 0 Å². The molecule has 0 N–H and O–H groups in total. The standard InChI is InChI=1S/C24H20FN2O/c25-20-8-6-18-7-9-23(24(28)21(18)14-20)27-13-11-22-19(16-27)10-12-26(22)15-17-4-2-1-3-5-17/h1-6,8,10-14,16,23H,7,9,15H2/q+1. The molecule has 3 nitrogen and oxygen atoms in total. The number of carbonyl (C=O) groups excluding carboxylic acids is 1. The van der Waals surface area contributed by atoms with Gasteiger partial charge >= 0.3 is 0 Å². The number of aromatic nitrogens is 2. The van der Waals surface area contributed by atoms with Crippen LogP contribution in [0.4, 0.5) is 4.39 Å². The van der Waals surface area contributed by atoms with Gasteiger partial charge in [-0.15, -0.1) is 0 Å². The number of ketones is 1. The van der Waals surface area contributed by atoms with Gasteiger partial charge in [-0.2, -0.15) is 4.57 Å². The fraction of sp³-hybridized carbons (Fsp3) is 0.167. The van der Waals surface area contributed by atoms with Crippen molar-refractivity contribution in [2.24, 2.45) is 0 Å². The first-order valence-corrected chi connectivity index (χ1v) is 9.55. The van der Waals surface area contributed by atoms with E-state index in [4.69, 9.17) is 0 Å². The summed E-state index contributed by atoms with van der Waals surface area (Å²) in [5.74, 6) is -0.361. The number of hydrogen-bond donors (Lipinski definition) is 0. The molecule has 0 radical (unpaired) electrons. The molecule has 1 aliphatic carbocycles. The topological polar surface area (TPSA) is 25.9 Å². The number of benzene rings is 2. The Morgan fingerprint density at radius 3 is 2.79 bits per heavy atom. The number of Topliss-reactive ketones (excluding diaryl/α,β-unsaturated/α-hetero) is 1. The van der Waals surface area contributed by atoms with Crippen LogP contribution in [0.25, 0.3) is 10.9 Å². The molecule has 1 aliphatic rings. The highest BCUT2D eigenvalue weighted by atomic mass is 19.1. The Morgan fingerprint density at radius 2 is 1.93 bits per heavy atom. The lowest BCUT2D eigenvalue weighted by Gasteiger charge is -2.19. The van der Waals surface area contributed by atoms with E-state index >= 15 is 0 Å². The second kappa shape index (κ2) is 6.71. The lowest BCUT2D eigenvalue weighted by molar-refractivity contribution is -0.707. The third-order valence-electron chi connectivity index (χ3n) is 5.61. The van der Waals surface area contributed by atoms with Gasteiger partial charge in [0.1, 0.15) is 5.82 Å². The molecule has 0 spiro atoms. The zero-order chi connectivity index (χ0) is 19.1. The molecule has 4 heteroatoms. The van der Waals surface area contributed by atoms with Crippen molar-refractivity contribution in [3.05, 3.63) is 102 Å². The Hall–Kier alpha value is -3.27. The molecule has 2 heterocycles. The highest BCUT2D eigenvalue weighted by Gasteiger charge is 2.34. The van der Waals surface area contributed by atoms with E-state index in [-0.39, 0.29) is 17.6 Å². The van der Waals surface area contributed by atoms with Crippen LogP contribution in [0.15, 0.2) is 79.3 Å². The fourth-order valence-corrected chi connectivity index (χ4v) is 4.16. The predicted octanol–water partition coefficient (Wildman–Crippen LogP) is 4.49. The molecule has 0 fully saturated rings. The average molecular weight is 371 g/mol. The number of aryl methyl sites for hydroxylation is 1. The Labute approximate surface area is 162 Å². The monoisotopic (exact) mass is 371 g/mol. The maximum absolute atomic E-state index is 13.6. The third-order valence-corrected chi connectivity index (χ3v) is 5.61. The minimum absolute atomic E-state index is 0.00572. The number of rotatable bonds is 3. The van der Waals surface area contributed by atoms with E-state index in [1.807, 2.05) is 35.2 Å². The molecular weight excluding hydrogens is 351 g/mol. The smallest absolute Gasteiger partial charge is 0.230 e. The molecule has 0 saturated carbocycles. The number of hydrogen-bond acceptors (Lipinski definition) is 1. The summed E-state index contributed by atoms with van der Waals surface area (Å²) < 4.78 is 17.8. The van der Waals surface area contributed by atoms with Crippen molar-refractivity contribution in [2.75, 3.05) is 0 Å². The first kappa shape index (κ1) is 16.9. The fourth-order valence-electron chi connectivity index (χ4n) is 4.16. The maximum Gasteiger partial charge on any atom is 0.230 e. The second-order valence-corrected chi connectivity index (χ2v) is 7.38. The van der Waals surface area contributed by atoms with E-state index < -0.39 is 0 Å². The molecule has 0 bridgehead atoms. The highest BCUT2D eigenvalue weighted by molar-refractivity contribution is 6.00. The van der Waals surface area contributed by atoms with Gasteiger partial charge in [-0.05, 0) is 35.7 Å². The molecule has 4 aromatic rings. The molecule has 5 rings (SSSR count). The summed E-state index contributed by atoms with van der Waals surface area (Å²) in [6.07, 6.45) is 7.60. The van der Waals surface area contributed by atoms with Gasteiger partial charge in [0.25, 0.3) is 0 Å². The van der Waals surface area contributed by atoms with E-state index in [1.165, 1.54) is 17.7 Å². The number of pyridine rings is 1. The van der Waals surface area contributed by atoms with E-state index in [2.05, 4.69) is 35.0 Å². The molecule has 2 aromatic carbocycles. The zero-order valence-electron chi connectivity index (χ0n) is 15.4. The Balaban J connectivity index is 1.47. The van der Waals surface area contributed by atoms with Crippen LogP contribution in [0.1, 0.15) is 33.9 Å². The van der Waals surface area contributed by atoms with Crippen LogP contribution in [0.2, 0.25) is 0 Å². The predicted molar refractivity (Wildman–Crippen MR) is 106 cm³/mol. The molecule has 2 aromatic heterocycles. The highest BCUT2D eigenvalue weighted by Crippen LogP contribution is 2.27. The molecular formula is C24H20FN2O+. The van der Waals surface area contributed by atoms with Crippen LogP contribution in [0.3, 0.4) is 0 Å². The maximum atomic E-state index is 13.6. The lowest BCUT2D eigenvalue weighted by Crippen LogP contribution is -2.45.